The Labute approximate surface area is 120 Å². The van der Waals surface area contributed by atoms with Gasteiger partial charge < -0.3 is 5.32 Å². The van der Waals surface area contributed by atoms with Crippen molar-refractivity contribution < 1.29 is 9.59 Å². The minimum absolute atomic E-state index is 0.306. The number of amides is 3. The van der Waals surface area contributed by atoms with Gasteiger partial charge in [-0.2, -0.15) is 0 Å². The van der Waals surface area contributed by atoms with Crippen LogP contribution >= 0.6 is 11.3 Å². The summed E-state index contributed by atoms with van der Waals surface area (Å²) in [5, 5.41) is 2.62. The van der Waals surface area contributed by atoms with E-state index in [1.807, 2.05) is 25.1 Å². The molecule has 3 rings (SSSR count). The number of urea groups is 1. The Hall–Kier alpha value is -2.40. The molecule has 0 spiro atoms. The second kappa shape index (κ2) is 4.94. The van der Waals surface area contributed by atoms with Gasteiger partial charge in [0.1, 0.15) is 5.70 Å². The van der Waals surface area contributed by atoms with Crippen LogP contribution < -0.4 is 10.2 Å². The monoisotopic (exact) mass is 284 g/mol. The van der Waals surface area contributed by atoms with E-state index in [-0.39, 0.29) is 5.91 Å². The van der Waals surface area contributed by atoms with Crippen molar-refractivity contribution in [2.24, 2.45) is 0 Å². The highest BCUT2D eigenvalue weighted by molar-refractivity contribution is 7.12. The molecule has 100 valence electrons. The summed E-state index contributed by atoms with van der Waals surface area (Å²) in [6, 6.07) is 12.4. The molecule has 1 saturated heterocycles. The normalized spacial score (nSPS) is 16.9. The first-order valence-electron chi connectivity index (χ1n) is 6.14. The first kappa shape index (κ1) is 12.6. The van der Waals surface area contributed by atoms with Crippen LogP contribution in [0.1, 0.15) is 9.75 Å². The average Bonchev–Trinajstić information content (AvgIpc) is 2.96. The van der Waals surface area contributed by atoms with E-state index in [0.717, 1.165) is 14.7 Å². The van der Waals surface area contributed by atoms with E-state index in [0.29, 0.717) is 11.4 Å². The molecule has 2 heterocycles. The van der Waals surface area contributed by atoms with Crippen LogP contribution in [0.15, 0.2) is 48.2 Å². The second-order valence-electron chi connectivity index (χ2n) is 4.41. The molecule has 1 N–H and O–H groups in total. The molecule has 20 heavy (non-hydrogen) atoms. The molecule has 4 nitrogen and oxygen atoms in total. The van der Waals surface area contributed by atoms with Crippen molar-refractivity contribution >= 4 is 35.0 Å². The van der Waals surface area contributed by atoms with Crippen molar-refractivity contribution in [1.82, 2.24) is 5.32 Å². The Bertz CT molecular complexity index is 704. The maximum absolute atomic E-state index is 12.3. The van der Waals surface area contributed by atoms with E-state index < -0.39 is 6.03 Å². The fourth-order valence-corrected chi connectivity index (χ4v) is 2.84. The zero-order valence-electron chi connectivity index (χ0n) is 10.8. The van der Waals surface area contributed by atoms with E-state index in [1.165, 1.54) is 0 Å². The molecule has 0 bridgehead atoms. The third-order valence-corrected chi connectivity index (χ3v) is 3.89. The van der Waals surface area contributed by atoms with Crippen molar-refractivity contribution in [3.05, 3.63) is 57.9 Å². The standard InChI is InChI=1S/C15H12N2O2S/c1-10-7-8-12(20-10)9-13-14(18)17(15(19)16-13)11-5-3-2-4-6-11/h2-9H,1H3,(H,16,19)/b13-9+. The van der Waals surface area contributed by atoms with E-state index in [2.05, 4.69) is 5.32 Å². The summed E-state index contributed by atoms with van der Waals surface area (Å²) in [5.74, 6) is -0.327. The minimum atomic E-state index is -0.416. The van der Waals surface area contributed by atoms with Gasteiger partial charge in [-0.3, -0.25) is 4.79 Å². The van der Waals surface area contributed by atoms with Gasteiger partial charge in [0.2, 0.25) is 0 Å². The van der Waals surface area contributed by atoms with Gasteiger partial charge in [0.15, 0.2) is 0 Å². The lowest BCUT2D eigenvalue weighted by Crippen LogP contribution is -2.30. The van der Waals surface area contributed by atoms with Crippen molar-refractivity contribution in [1.29, 1.82) is 0 Å². The molecule has 0 aliphatic carbocycles. The number of hydrogen-bond acceptors (Lipinski definition) is 3. The lowest BCUT2D eigenvalue weighted by Gasteiger charge is -2.10. The first-order valence-corrected chi connectivity index (χ1v) is 6.95. The van der Waals surface area contributed by atoms with Gasteiger partial charge in [0.25, 0.3) is 5.91 Å². The first-order chi connectivity index (χ1) is 9.65. The summed E-state index contributed by atoms with van der Waals surface area (Å²) >= 11 is 1.58. The smallest absolute Gasteiger partial charge is 0.302 e. The van der Waals surface area contributed by atoms with Gasteiger partial charge in [0.05, 0.1) is 5.69 Å². The van der Waals surface area contributed by atoms with Crippen LogP contribution in [0.2, 0.25) is 0 Å². The topological polar surface area (TPSA) is 49.4 Å². The molecule has 1 aromatic carbocycles. The van der Waals surface area contributed by atoms with Gasteiger partial charge in [-0.1, -0.05) is 18.2 Å². The van der Waals surface area contributed by atoms with Gasteiger partial charge >= 0.3 is 6.03 Å². The highest BCUT2D eigenvalue weighted by Gasteiger charge is 2.34. The Morgan fingerprint density at radius 2 is 1.85 bits per heavy atom. The highest BCUT2D eigenvalue weighted by Crippen LogP contribution is 2.24. The average molecular weight is 284 g/mol. The molecule has 3 amide bonds. The molecule has 1 fully saturated rings. The zero-order valence-corrected chi connectivity index (χ0v) is 11.6. The quantitative estimate of drug-likeness (QED) is 0.680. The number of benzene rings is 1. The van der Waals surface area contributed by atoms with E-state index in [1.54, 1.807) is 41.7 Å². The van der Waals surface area contributed by atoms with E-state index in [4.69, 9.17) is 0 Å². The molecule has 2 aromatic rings. The van der Waals surface area contributed by atoms with Crippen molar-refractivity contribution in [2.45, 2.75) is 6.92 Å². The minimum Gasteiger partial charge on any atom is -0.302 e. The van der Waals surface area contributed by atoms with Crippen molar-refractivity contribution in [3.63, 3.8) is 0 Å². The number of imide groups is 1. The lowest BCUT2D eigenvalue weighted by molar-refractivity contribution is -0.113. The number of hydrogen-bond donors (Lipinski definition) is 1. The summed E-state index contributed by atoms with van der Waals surface area (Å²) in [4.78, 5) is 27.5. The zero-order chi connectivity index (χ0) is 14.1. The van der Waals surface area contributed by atoms with Crippen LogP contribution in [-0.2, 0) is 4.79 Å². The number of para-hydroxylation sites is 1. The summed E-state index contributed by atoms with van der Waals surface area (Å²) in [5.41, 5.74) is 0.876. The Balaban J connectivity index is 1.93. The number of carbonyl (C=O) groups excluding carboxylic acids is 2. The summed E-state index contributed by atoms with van der Waals surface area (Å²) in [7, 11) is 0. The van der Waals surface area contributed by atoms with Gasteiger partial charge in [-0.25, -0.2) is 9.69 Å². The number of thiophene rings is 1. The number of nitrogens with zero attached hydrogens (tertiary/aromatic N) is 1. The van der Waals surface area contributed by atoms with E-state index >= 15 is 0 Å². The summed E-state index contributed by atoms with van der Waals surface area (Å²) in [6.07, 6.45) is 1.71. The maximum atomic E-state index is 12.3. The Kier molecular flexibility index (Phi) is 3.12. The fraction of sp³-hybridized carbons (Fsp3) is 0.0667. The number of rotatable bonds is 2. The van der Waals surface area contributed by atoms with Gasteiger partial charge in [-0.15, -0.1) is 11.3 Å². The lowest BCUT2D eigenvalue weighted by atomic mass is 10.3. The van der Waals surface area contributed by atoms with Crippen LogP contribution in [-0.4, -0.2) is 11.9 Å². The highest BCUT2D eigenvalue weighted by atomic mass is 32.1. The molecule has 1 aliphatic heterocycles. The summed E-state index contributed by atoms with van der Waals surface area (Å²) < 4.78 is 0. The van der Waals surface area contributed by atoms with Gasteiger partial charge in [-0.05, 0) is 37.3 Å². The van der Waals surface area contributed by atoms with Crippen LogP contribution in [0.3, 0.4) is 0 Å². The van der Waals surface area contributed by atoms with Crippen molar-refractivity contribution in [2.75, 3.05) is 4.90 Å². The molecule has 0 radical (unpaired) electrons. The second-order valence-corrected chi connectivity index (χ2v) is 5.73. The molecule has 5 heteroatoms. The maximum Gasteiger partial charge on any atom is 0.333 e. The Morgan fingerprint density at radius 1 is 1.10 bits per heavy atom. The molecular weight excluding hydrogens is 272 g/mol. The molecule has 1 aromatic heterocycles. The summed E-state index contributed by atoms with van der Waals surface area (Å²) in [6.45, 7) is 2.00. The Morgan fingerprint density at radius 3 is 2.50 bits per heavy atom. The van der Waals surface area contributed by atoms with Crippen LogP contribution in [0.25, 0.3) is 6.08 Å². The fourth-order valence-electron chi connectivity index (χ4n) is 2.02. The van der Waals surface area contributed by atoms with Gasteiger partial charge in [0, 0.05) is 9.75 Å². The molecular formula is C15H12N2O2S. The number of aryl methyl sites for hydroxylation is 1. The van der Waals surface area contributed by atoms with Crippen LogP contribution in [0.5, 0.6) is 0 Å². The predicted octanol–water partition coefficient (Wildman–Crippen LogP) is 3.15. The molecule has 1 aliphatic rings. The van der Waals surface area contributed by atoms with E-state index in [9.17, 15) is 9.59 Å². The predicted molar refractivity (Wildman–Crippen MR) is 79.5 cm³/mol. The molecule has 0 unspecified atom stereocenters. The third kappa shape index (κ3) is 2.23. The van der Waals surface area contributed by atoms with Crippen LogP contribution in [0, 0.1) is 6.92 Å². The number of nitrogens with one attached hydrogen (secondary N) is 1. The van der Waals surface area contributed by atoms with Crippen molar-refractivity contribution in [3.8, 4) is 0 Å². The largest absolute Gasteiger partial charge is 0.333 e. The third-order valence-electron chi connectivity index (χ3n) is 2.94. The number of anilines is 1. The SMILES string of the molecule is Cc1ccc(/C=C2/NC(=O)N(c3ccccc3)C2=O)s1. The molecule has 0 atom stereocenters. The molecule has 0 saturated carbocycles. The number of carbonyl (C=O) groups is 2. The van der Waals surface area contributed by atoms with Crippen LogP contribution in [0.4, 0.5) is 10.5 Å².